The van der Waals surface area contributed by atoms with Crippen molar-refractivity contribution in [1.29, 1.82) is 0 Å². The summed E-state index contributed by atoms with van der Waals surface area (Å²) in [4.78, 5) is 29.9. The molecule has 0 aliphatic heterocycles. The van der Waals surface area contributed by atoms with Gasteiger partial charge in [-0.1, -0.05) is 388 Å². The Bertz CT molecular complexity index is 7860. The number of aromatic nitrogens is 6. The maximum Gasteiger partial charge on any atom is 0.0794 e. The normalized spacial score (nSPS) is 11.3. The quantitative estimate of drug-likeness (QED) is 0.113. The Hall–Kier alpha value is -16.8. The third kappa shape index (κ3) is 14.6. The predicted molar refractivity (Wildman–Crippen MR) is 529 cm³/mol. The van der Waals surface area contributed by atoms with Crippen LogP contribution in [0.5, 0.6) is 0 Å². The summed E-state index contributed by atoms with van der Waals surface area (Å²) in [5.41, 5.74) is 33.5. The second kappa shape index (κ2) is 33.3. The molecule has 588 valence electrons. The van der Waals surface area contributed by atoms with E-state index in [-0.39, 0.29) is 0 Å². The predicted octanol–water partition coefficient (Wildman–Crippen LogP) is 31.8. The first-order valence-corrected chi connectivity index (χ1v) is 42.8. The van der Waals surface area contributed by atoms with Crippen LogP contribution in [0.15, 0.2) is 474 Å². The van der Waals surface area contributed by atoms with Crippen LogP contribution < -0.4 is 0 Å². The second-order valence-electron chi connectivity index (χ2n) is 31.9. The van der Waals surface area contributed by atoms with Crippen molar-refractivity contribution in [1.82, 2.24) is 29.9 Å². The molecule has 126 heavy (non-hydrogen) atoms. The molecule has 0 amide bonds. The van der Waals surface area contributed by atoms with Crippen LogP contribution in [0.1, 0.15) is 0 Å². The van der Waals surface area contributed by atoms with E-state index in [2.05, 4.69) is 446 Å². The zero-order valence-corrected chi connectivity index (χ0v) is 68.7. The molecule has 6 heteroatoms. The molecule has 6 nitrogen and oxygen atoms in total. The van der Waals surface area contributed by atoms with Gasteiger partial charge in [-0.15, -0.1) is 0 Å². The van der Waals surface area contributed by atoms with Gasteiger partial charge in [-0.2, -0.15) is 0 Å². The van der Waals surface area contributed by atoms with Gasteiger partial charge in [0.1, 0.15) is 0 Å². The van der Waals surface area contributed by atoms with Crippen LogP contribution in [0.4, 0.5) is 0 Å². The van der Waals surface area contributed by atoms with E-state index in [9.17, 15) is 0 Å². The van der Waals surface area contributed by atoms with Gasteiger partial charge >= 0.3 is 0 Å². The van der Waals surface area contributed by atoms with E-state index in [4.69, 9.17) is 15.0 Å². The summed E-state index contributed by atoms with van der Waals surface area (Å²) >= 11 is 0. The van der Waals surface area contributed by atoms with Gasteiger partial charge in [-0.25, -0.2) is 15.0 Å². The highest BCUT2D eigenvalue weighted by Crippen LogP contribution is 2.46. The molecule has 24 rings (SSSR count). The third-order valence-electron chi connectivity index (χ3n) is 24.3. The van der Waals surface area contributed by atoms with Crippen molar-refractivity contribution < 1.29 is 0 Å². The minimum atomic E-state index is 0.960. The average molecular weight is 1600 g/mol. The van der Waals surface area contributed by atoms with Crippen LogP contribution in [-0.4, -0.2) is 29.9 Å². The zero-order valence-electron chi connectivity index (χ0n) is 68.7. The number of benzene rings is 18. The van der Waals surface area contributed by atoms with Crippen LogP contribution in [0.3, 0.4) is 0 Å². The van der Waals surface area contributed by atoms with E-state index in [0.29, 0.717) is 0 Å². The lowest BCUT2D eigenvalue weighted by Gasteiger charge is -2.16. The molecule has 0 radical (unpaired) electrons. The van der Waals surface area contributed by atoms with Crippen LogP contribution in [-0.2, 0) is 0 Å². The van der Waals surface area contributed by atoms with Gasteiger partial charge in [0.25, 0.3) is 0 Å². The highest BCUT2D eigenvalue weighted by atomic mass is 14.7. The summed E-state index contributed by atoms with van der Waals surface area (Å²) in [5, 5.41) is 14.0. The molecule has 0 fully saturated rings. The summed E-state index contributed by atoms with van der Waals surface area (Å²) < 4.78 is 0. The topological polar surface area (TPSA) is 77.3 Å². The molecule has 0 aliphatic rings. The molecule has 6 aromatic heterocycles. The fourth-order valence-electron chi connectivity index (χ4n) is 18.1. The van der Waals surface area contributed by atoms with Gasteiger partial charge in [0.05, 0.1) is 50.2 Å². The van der Waals surface area contributed by atoms with Crippen LogP contribution in [0.2, 0.25) is 0 Å². The number of hydrogen-bond donors (Lipinski definition) is 0. The second-order valence-corrected chi connectivity index (χ2v) is 31.9. The number of nitrogens with zero attached hydrogens (tertiary/aromatic N) is 6. The average Bonchev–Trinajstić information content (AvgIpc) is 0.747. The molecule has 18 aromatic carbocycles. The first-order valence-electron chi connectivity index (χ1n) is 42.8. The minimum absolute atomic E-state index is 0.960. The molecule has 0 saturated heterocycles. The van der Waals surface area contributed by atoms with E-state index in [1.54, 1.807) is 0 Å². The highest BCUT2D eigenvalue weighted by Gasteiger charge is 2.22. The van der Waals surface area contributed by atoms with Gasteiger partial charge in [0.15, 0.2) is 0 Å². The fraction of sp³-hybridized carbons (Fsp3) is 0. The van der Waals surface area contributed by atoms with Gasteiger partial charge in [-0.05, 0) is 172 Å². The van der Waals surface area contributed by atoms with Crippen molar-refractivity contribution in [2.45, 2.75) is 0 Å². The molecule has 0 N–H and O–H groups in total. The van der Waals surface area contributed by atoms with E-state index < -0.39 is 0 Å². The molecule has 0 unspecified atom stereocenters. The number of rotatable bonds is 12. The standard InChI is InChI=1S/3C40H26N2/c1-3-11-28(12-4-1)35-24-37-36(29-13-5-2-6-14-29)25-39(42-40(37)34-17-9-8-16-33(34)35)30-21-19-27(20-22-30)32-23-31-15-7-10-18-38(31)41-26-32;1-3-11-27(12-4-1)35-25-37-36(28-13-5-2-6-14-28)26-38(42-40(37)34-18-8-7-17-33(34)35)30-22-20-29(21-23-30)32-19-9-15-31-16-10-24-41-39(31)32;1-3-11-27(12-4-1)35-25-37-36(28-13-5-2-6-14-28)26-39(42-40(37)34-17-8-7-15-32(34)35)30-21-19-29(20-22-30)31-23-24-41-38-18-10-9-16-33(31)38/h3*1-26H. The molecular formula is C120H78N6. The van der Waals surface area contributed by atoms with Crippen molar-refractivity contribution in [3.8, 4) is 134 Å². The molecule has 0 atom stereocenters. The summed E-state index contributed by atoms with van der Waals surface area (Å²) in [5.74, 6) is 0. The lowest BCUT2D eigenvalue weighted by Crippen LogP contribution is -1.93. The maximum atomic E-state index is 5.34. The molecule has 0 saturated carbocycles. The fourth-order valence-corrected chi connectivity index (χ4v) is 18.1. The SMILES string of the molecule is c1ccc(-c2cc3c(-c4ccccc4)cc(-c4ccc(-c5cccc6cccnc56)cc4)nc3c3ccccc23)cc1.c1ccc(-c2cc3c(-c4ccccc4)cc(-c4ccc(-c5ccnc6ccccc56)cc4)nc3c3ccccc23)cc1.c1ccc(-c2cc3c(-c4ccccc4)cc(-c4ccc(-c5cnc6ccccc6c5)cc4)nc3c3ccccc23)cc1. The van der Waals surface area contributed by atoms with E-state index in [1.807, 2.05) is 42.9 Å². The number of fused-ring (bicyclic) bond motifs is 12. The first kappa shape index (κ1) is 75.4. The lowest BCUT2D eigenvalue weighted by molar-refractivity contribution is 1.40. The number of para-hydroxylation sites is 3. The third-order valence-corrected chi connectivity index (χ3v) is 24.3. The maximum absolute atomic E-state index is 5.34. The number of pyridine rings is 6. The molecule has 24 aromatic rings. The molecule has 0 aliphatic carbocycles. The van der Waals surface area contributed by atoms with E-state index in [0.717, 1.165) is 138 Å². The van der Waals surface area contributed by atoms with Crippen LogP contribution in [0, 0.1) is 0 Å². The largest absolute Gasteiger partial charge is 0.256 e. The van der Waals surface area contributed by atoms with E-state index in [1.165, 1.54) is 94.0 Å². The van der Waals surface area contributed by atoms with Crippen molar-refractivity contribution in [3.05, 3.63) is 474 Å². The van der Waals surface area contributed by atoms with Crippen molar-refractivity contribution in [3.63, 3.8) is 0 Å². The van der Waals surface area contributed by atoms with Crippen molar-refractivity contribution in [2.24, 2.45) is 0 Å². The Morgan fingerprint density at radius 2 is 0.444 bits per heavy atom. The lowest BCUT2D eigenvalue weighted by atomic mass is 9.91. The van der Waals surface area contributed by atoms with Gasteiger partial charge in [0, 0.05) is 94.9 Å². The van der Waals surface area contributed by atoms with Crippen LogP contribution in [0.25, 0.3) is 232 Å². The Labute approximate surface area is 730 Å². The van der Waals surface area contributed by atoms with Gasteiger partial charge < -0.3 is 0 Å². The Kier molecular flexibility index (Phi) is 19.9. The van der Waals surface area contributed by atoms with E-state index >= 15 is 0 Å². The molecule has 6 heterocycles. The zero-order chi connectivity index (χ0) is 83.6. The summed E-state index contributed by atoms with van der Waals surface area (Å²) in [6.07, 6.45) is 5.70. The molecule has 0 spiro atoms. The van der Waals surface area contributed by atoms with Crippen molar-refractivity contribution in [2.75, 3.05) is 0 Å². The summed E-state index contributed by atoms with van der Waals surface area (Å²) in [7, 11) is 0. The first-order chi connectivity index (χ1) is 62.5. The Morgan fingerprint density at radius 3 is 0.857 bits per heavy atom. The summed E-state index contributed by atoms with van der Waals surface area (Å²) in [6.45, 7) is 0. The Balaban J connectivity index is 0.000000112. The van der Waals surface area contributed by atoms with Gasteiger partial charge in [-0.3, -0.25) is 15.0 Å². The minimum Gasteiger partial charge on any atom is -0.256 e. The smallest absolute Gasteiger partial charge is 0.0794 e. The monoisotopic (exact) mass is 1600 g/mol. The summed E-state index contributed by atoms with van der Waals surface area (Å²) in [6, 6.07) is 161. The highest BCUT2D eigenvalue weighted by molar-refractivity contribution is 6.19. The molecular weight excluding hydrogens is 1530 g/mol. The van der Waals surface area contributed by atoms with Gasteiger partial charge in [0.2, 0.25) is 0 Å². The molecule has 0 bridgehead atoms. The van der Waals surface area contributed by atoms with Crippen LogP contribution >= 0.6 is 0 Å². The van der Waals surface area contributed by atoms with Crippen molar-refractivity contribution >= 4 is 97.7 Å². The number of hydrogen-bond acceptors (Lipinski definition) is 6. The Morgan fingerprint density at radius 1 is 0.135 bits per heavy atom.